The van der Waals surface area contributed by atoms with E-state index in [-0.39, 0.29) is 47.7 Å². The van der Waals surface area contributed by atoms with Crippen LogP contribution >= 0.6 is 0 Å². The number of rotatable bonds is 5. The highest BCUT2D eigenvalue weighted by atomic mass is 19.4. The molecule has 11 heteroatoms. The van der Waals surface area contributed by atoms with Crippen LogP contribution in [-0.4, -0.2) is 43.3 Å². The molecule has 0 unspecified atom stereocenters. The average molecular weight is 467 g/mol. The summed E-state index contributed by atoms with van der Waals surface area (Å²) >= 11 is 0. The van der Waals surface area contributed by atoms with E-state index in [0.29, 0.717) is 6.42 Å². The standard InChI is InChI=1S/C22H25F4N5O2/c1-12(2)31-11-29-18-5-16(4-17(19(18)31)22(24,25)26)33-10-15-7-21(32,6-13(3)30-15)20-27-8-14(23)9-28-20/h4-5,8-9,11-13,15,30,32H,6-7,10H2,1-3H3/t13-,15-,21-/m0/s1. The van der Waals surface area contributed by atoms with Crippen molar-refractivity contribution in [2.24, 2.45) is 0 Å². The number of aromatic nitrogens is 4. The summed E-state index contributed by atoms with van der Waals surface area (Å²) in [5.41, 5.74) is -2.03. The molecule has 0 radical (unpaired) electrons. The molecule has 33 heavy (non-hydrogen) atoms. The predicted molar refractivity (Wildman–Crippen MR) is 112 cm³/mol. The Kier molecular flexibility index (Phi) is 6.04. The van der Waals surface area contributed by atoms with Gasteiger partial charge in [0.1, 0.15) is 18.0 Å². The van der Waals surface area contributed by atoms with Crippen molar-refractivity contribution in [1.29, 1.82) is 0 Å². The molecule has 178 valence electrons. The molecule has 3 atom stereocenters. The third kappa shape index (κ3) is 4.79. The van der Waals surface area contributed by atoms with Crippen LogP contribution < -0.4 is 10.1 Å². The zero-order chi connectivity index (χ0) is 24.0. The Morgan fingerprint density at radius 2 is 1.91 bits per heavy atom. The number of hydrogen-bond donors (Lipinski definition) is 2. The van der Waals surface area contributed by atoms with Crippen LogP contribution in [0.2, 0.25) is 0 Å². The van der Waals surface area contributed by atoms with Gasteiger partial charge >= 0.3 is 6.18 Å². The Morgan fingerprint density at radius 3 is 2.55 bits per heavy atom. The van der Waals surface area contributed by atoms with Crippen LogP contribution in [0.15, 0.2) is 30.9 Å². The minimum absolute atomic E-state index is 0.00153. The van der Waals surface area contributed by atoms with Gasteiger partial charge in [-0.25, -0.2) is 19.3 Å². The maximum atomic E-state index is 13.8. The molecule has 1 aliphatic heterocycles. The van der Waals surface area contributed by atoms with Crippen molar-refractivity contribution in [1.82, 2.24) is 24.8 Å². The van der Waals surface area contributed by atoms with E-state index in [1.807, 2.05) is 6.92 Å². The van der Waals surface area contributed by atoms with Gasteiger partial charge in [-0.1, -0.05) is 0 Å². The third-order valence-corrected chi connectivity index (χ3v) is 5.74. The summed E-state index contributed by atoms with van der Waals surface area (Å²) in [6.07, 6.45) is -0.764. The van der Waals surface area contributed by atoms with Crippen molar-refractivity contribution >= 4 is 11.0 Å². The lowest BCUT2D eigenvalue weighted by molar-refractivity contribution is -0.136. The monoisotopic (exact) mass is 467 g/mol. The van der Waals surface area contributed by atoms with Crippen LogP contribution in [0.3, 0.4) is 0 Å². The molecule has 7 nitrogen and oxygen atoms in total. The number of nitrogens with zero attached hydrogens (tertiary/aromatic N) is 4. The van der Waals surface area contributed by atoms with Crippen molar-refractivity contribution in [3.8, 4) is 5.75 Å². The Hall–Kier alpha value is -2.79. The summed E-state index contributed by atoms with van der Waals surface area (Å²) in [4.78, 5) is 12.0. The van der Waals surface area contributed by atoms with Crippen molar-refractivity contribution in [2.45, 2.75) is 63.5 Å². The molecule has 4 rings (SSSR count). The van der Waals surface area contributed by atoms with Gasteiger partial charge in [0, 0.05) is 30.6 Å². The van der Waals surface area contributed by atoms with E-state index in [1.165, 1.54) is 17.0 Å². The maximum absolute atomic E-state index is 13.8. The average Bonchev–Trinajstić information content (AvgIpc) is 3.15. The number of fused-ring (bicyclic) bond motifs is 1. The summed E-state index contributed by atoms with van der Waals surface area (Å²) in [6.45, 7) is 5.43. The van der Waals surface area contributed by atoms with Gasteiger partial charge in [-0.15, -0.1) is 0 Å². The largest absolute Gasteiger partial charge is 0.492 e. The van der Waals surface area contributed by atoms with Crippen LogP contribution in [0.1, 0.15) is 51.0 Å². The van der Waals surface area contributed by atoms with Crippen LogP contribution in [0.4, 0.5) is 17.6 Å². The maximum Gasteiger partial charge on any atom is 0.418 e. The fourth-order valence-electron chi connectivity index (χ4n) is 4.39. The number of alkyl halides is 3. The zero-order valence-electron chi connectivity index (χ0n) is 18.4. The molecule has 1 fully saturated rings. The van der Waals surface area contributed by atoms with Gasteiger partial charge in [0.25, 0.3) is 0 Å². The van der Waals surface area contributed by atoms with E-state index < -0.39 is 29.2 Å². The normalized spacial score (nSPS) is 23.9. The molecule has 1 aromatic carbocycles. The number of piperidine rings is 1. The minimum Gasteiger partial charge on any atom is -0.492 e. The van der Waals surface area contributed by atoms with Crippen LogP contribution in [-0.2, 0) is 11.8 Å². The Labute approximate surface area is 187 Å². The van der Waals surface area contributed by atoms with E-state index in [4.69, 9.17) is 4.74 Å². The fourth-order valence-corrected chi connectivity index (χ4v) is 4.39. The molecule has 0 saturated carbocycles. The van der Waals surface area contributed by atoms with E-state index in [2.05, 4.69) is 20.3 Å². The Morgan fingerprint density at radius 1 is 1.21 bits per heavy atom. The molecule has 0 bridgehead atoms. The number of nitrogens with one attached hydrogen (secondary N) is 1. The Bertz CT molecular complexity index is 1130. The number of ether oxygens (including phenoxy) is 1. The van der Waals surface area contributed by atoms with Gasteiger partial charge in [0.05, 0.1) is 35.3 Å². The second-order valence-corrected chi connectivity index (χ2v) is 8.82. The molecule has 0 amide bonds. The molecule has 1 saturated heterocycles. The fraction of sp³-hybridized carbons (Fsp3) is 0.500. The van der Waals surface area contributed by atoms with Crippen LogP contribution in [0, 0.1) is 5.82 Å². The molecular formula is C22H25F4N5O2. The molecule has 0 aliphatic carbocycles. The minimum atomic E-state index is -4.58. The summed E-state index contributed by atoms with van der Waals surface area (Å²) in [5.74, 6) is -0.479. The lowest BCUT2D eigenvalue weighted by atomic mass is 9.83. The van der Waals surface area contributed by atoms with Gasteiger partial charge < -0.3 is 19.7 Å². The topological polar surface area (TPSA) is 85.1 Å². The van der Waals surface area contributed by atoms with Crippen molar-refractivity contribution in [2.75, 3.05) is 6.61 Å². The molecule has 3 aromatic rings. The first-order chi connectivity index (χ1) is 15.5. The van der Waals surface area contributed by atoms with E-state index in [9.17, 15) is 22.7 Å². The van der Waals surface area contributed by atoms with E-state index in [0.717, 1.165) is 18.5 Å². The van der Waals surface area contributed by atoms with Gasteiger partial charge in [0.2, 0.25) is 0 Å². The number of imidazole rings is 1. The summed E-state index contributed by atoms with van der Waals surface area (Å²) in [6, 6.07) is 1.71. The van der Waals surface area contributed by atoms with Gasteiger partial charge in [-0.2, -0.15) is 13.2 Å². The van der Waals surface area contributed by atoms with Gasteiger partial charge in [0.15, 0.2) is 11.6 Å². The molecule has 2 aromatic heterocycles. The first kappa shape index (κ1) is 23.4. The van der Waals surface area contributed by atoms with E-state index in [1.54, 1.807) is 13.8 Å². The molecule has 2 N–H and O–H groups in total. The summed E-state index contributed by atoms with van der Waals surface area (Å²) in [5, 5.41) is 14.4. The third-order valence-electron chi connectivity index (χ3n) is 5.74. The lowest BCUT2D eigenvalue weighted by Crippen LogP contribution is -2.53. The van der Waals surface area contributed by atoms with Crippen molar-refractivity contribution in [3.05, 3.63) is 48.1 Å². The number of aliphatic hydroxyl groups is 1. The number of hydrogen-bond acceptors (Lipinski definition) is 6. The first-order valence-electron chi connectivity index (χ1n) is 10.6. The highest BCUT2D eigenvalue weighted by Crippen LogP contribution is 2.39. The number of halogens is 4. The quantitative estimate of drug-likeness (QED) is 0.553. The van der Waals surface area contributed by atoms with Gasteiger partial charge in [-0.05, 0) is 33.3 Å². The highest BCUT2D eigenvalue weighted by molar-refractivity contribution is 5.81. The van der Waals surface area contributed by atoms with E-state index >= 15 is 0 Å². The molecular weight excluding hydrogens is 442 g/mol. The second-order valence-electron chi connectivity index (χ2n) is 8.82. The SMILES string of the molecule is CC(C)n1cnc2cc(OC[C@@H]3C[C@](O)(c4ncc(F)cn4)C[C@H](C)N3)cc(C(F)(F)F)c21. The lowest BCUT2D eigenvalue weighted by Gasteiger charge is -2.39. The first-order valence-corrected chi connectivity index (χ1v) is 10.6. The van der Waals surface area contributed by atoms with Crippen LogP contribution in [0.5, 0.6) is 5.75 Å². The van der Waals surface area contributed by atoms with Crippen LogP contribution in [0.25, 0.3) is 11.0 Å². The highest BCUT2D eigenvalue weighted by Gasteiger charge is 2.41. The molecule has 3 heterocycles. The summed E-state index contributed by atoms with van der Waals surface area (Å²) in [7, 11) is 0. The Balaban J connectivity index is 1.57. The zero-order valence-corrected chi connectivity index (χ0v) is 18.4. The van der Waals surface area contributed by atoms with Gasteiger partial charge in [-0.3, -0.25) is 0 Å². The van der Waals surface area contributed by atoms with Crippen molar-refractivity contribution in [3.63, 3.8) is 0 Å². The predicted octanol–water partition coefficient (Wildman–Crippen LogP) is 3.97. The second kappa shape index (κ2) is 8.53. The smallest absolute Gasteiger partial charge is 0.418 e. The number of benzene rings is 1. The summed E-state index contributed by atoms with van der Waals surface area (Å²) < 4.78 is 61.8. The van der Waals surface area contributed by atoms with Crippen molar-refractivity contribution < 1.29 is 27.4 Å². The molecule has 1 aliphatic rings. The molecule has 0 spiro atoms.